The molecule has 2 rings (SSSR count). The predicted molar refractivity (Wildman–Crippen MR) is 71.2 cm³/mol. The van der Waals surface area contributed by atoms with Crippen LogP contribution in [0, 0.1) is 17.7 Å². The summed E-state index contributed by atoms with van der Waals surface area (Å²) in [7, 11) is 0. The van der Waals surface area contributed by atoms with E-state index in [4.69, 9.17) is 11.6 Å². The van der Waals surface area contributed by atoms with E-state index < -0.39 is 0 Å². The number of benzene rings is 1. The first kappa shape index (κ1) is 13.5. The lowest BCUT2D eigenvalue weighted by molar-refractivity contribution is -0.125. The van der Waals surface area contributed by atoms with Crippen LogP contribution >= 0.6 is 11.6 Å². The highest BCUT2D eigenvalue weighted by molar-refractivity contribution is 6.30. The number of carbonyl (C=O) groups is 1. The average Bonchev–Trinajstić information content (AvgIpc) is 2.36. The molecular weight excluding hydrogens is 251 g/mol. The molecule has 2 unspecified atom stereocenters. The zero-order chi connectivity index (χ0) is 13.1. The molecule has 1 nitrogen and oxygen atoms in total. The molecule has 0 radical (unpaired) electrons. The van der Waals surface area contributed by atoms with Crippen molar-refractivity contribution in [3.8, 4) is 0 Å². The second-order valence-electron chi connectivity index (χ2n) is 5.15. The van der Waals surface area contributed by atoms with Gasteiger partial charge in [0.15, 0.2) is 0 Å². The van der Waals surface area contributed by atoms with Gasteiger partial charge in [0, 0.05) is 17.4 Å². The van der Waals surface area contributed by atoms with Crippen molar-refractivity contribution in [3.05, 3.63) is 34.6 Å². The Morgan fingerprint density at radius 3 is 2.94 bits per heavy atom. The third kappa shape index (κ3) is 3.11. The van der Waals surface area contributed by atoms with Crippen LogP contribution in [0.4, 0.5) is 4.39 Å². The maximum absolute atomic E-state index is 13.7. The number of rotatable bonds is 3. The number of ketones is 1. The van der Waals surface area contributed by atoms with Crippen LogP contribution in [-0.4, -0.2) is 5.78 Å². The summed E-state index contributed by atoms with van der Waals surface area (Å²) < 4.78 is 13.7. The van der Waals surface area contributed by atoms with Gasteiger partial charge in [0.25, 0.3) is 0 Å². The van der Waals surface area contributed by atoms with Crippen LogP contribution in [0.3, 0.4) is 0 Å². The van der Waals surface area contributed by atoms with Gasteiger partial charge in [-0.1, -0.05) is 24.9 Å². The lowest BCUT2D eigenvalue weighted by Gasteiger charge is -2.27. The molecule has 18 heavy (non-hydrogen) atoms. The Morgan fingerprint density at radius 2 is 2.22 bits per heavy atom. The van der Waals surface area contributed by atoms with Gasteiger partial charge in [0.1, 0.15) is 11.6 Å². The number of Topliss-reactive ketones (excluding diaryl/α,β-unsaturated/α-hetero) is 1. The highest BCUT2D eigenvalue weighted by Gasteiger charge is 2.28. The molecule has 1 fully saturated rings. The molecule has 0 heterocycles. The molecule has 3 heteroatoms. The first-order valence-electron chi connectivity index (χ1n) is 6.56. The Kier molecular flexibility index (Phi) is 4.39. The van der Waals surface area contributed by atoms with E-state index in [0.29, 0.717) is 29.3 Å². The second kappa shape index (κ2) is 5.83. The molecule has 2 atom stereocenters. The van der Waals surface area contributed by atoms with Crippen LogP contribution in [0.15, 0.2) is 18.2 Å². The number of carbonyl (C=O) groups excluding carboxylic acids is 1. The van der Waals surface area contributed by atoms with Crippen LogP contribution in [0.5, 0.6) is 0 Å². The van der Waals surface area contributed by atoms with E-state index in [1.54, 1.807) is 6.07 Å². The fourth-order valence-electron chi connectivity index (χ4n) is 2.74. The molecule has 1 aromatic carbocycles. The Hall–Kier alpha value is -0.890. The molecule has 1 aliphatic carbocycles. The molecule has 0 bridgehead atoms. The molecule has 1 aliphatic rings. The van der Waals surface area contributed by atoms with Gasteiger partial charge in [-0.15, -0.1) is 0 Å². The minimum atomic E-state index is -0.258. The number of hydrogen-bond donors (Lipinski definition) is 0. The fraction of sp³-hybridized carbons (Fsp3) is 0.533. The maximum atomic E-state index is 13.7. The largest absolute Gasteiger partial charge is 0.299 e. The summed E-state index contributed by atoms with van der Waals surface area (Å²) in [6, 6.07) is 4.56. The van der Waals surface area contributed by atoms with Gasteiger partial charge in [-0.3, -0.25) is 4.79 Å². The highest BCUT2D eigenvalue weighted by Crippen LogP contribution is 2.31. The third-order valence-electron chi connectivity index (χ3n) is 3.92. The lowest BCUT2D eigenvalue weighted by Crippen LogP contribution is -2.26. The zero-order valence-electron chi connectivity index (χ0n) is 10.6. The Morgan fingerprint density at radius 1 is 1.44 bits per heavy atom. The van der Waals surface area contributed by atoms with Crippen LogP contribution in [0.25, 0.3) is 0 Å². The van der Waals surface area contributed by atoms with Crippen molar-refractivity contribution >= 4 is 17.4 Å². The van der Waals surface area contributed by atoms with E-state index in [1.165, 1.54) is 12.1 Å². The van der Waals surface area contributed by atoms with Gasteiger partial charge in [-0.25, -0.2) is 4.39 Å². The van der Waals surface area contributed by atoms with Crippen LogP contribution < -0.4 is 0 Å². The fourth-order valence-corrected chi connectivity index (χ4v) is 2.93. The summed E-state index contributed by atoms with van der Waals surface area (Å²) in [5, 5.41) is 0.529. The average molecular weight is 269 g/mol. The monoisotopic (exact) mass is 268 g/mol. The second-order valence-corrected chi connectivity index (χ2v) is 5.59. The van der Waals surface area contributed by atoms with Crippen molar-refractivity contribution in [3.63, 3.8) is 0 Å². The summed E-state index contributed by atoms with van der Waals surface area (Å²) in [6.07, 6.45) is 4.11. The van der Waals surface area contributed by atoms with Gasteiger partial charge in [-0.2, -0.15) is 0 Å². The SMILES string of the molecule is CCC1CCC(=O)C(Cc2cc(Cl)ccc2F)C1. The smallest absolute Gasteiger partial charge is 0.136 e. The standard InChI is InChI=1S/C15H18ClFO/c1-2-10-3-6-15(18)12(7-10)8-11-9-13(16)4-5-14(11)17/h4-5,9-10,12H,2-3,6-8H2,1H3. The minimum Gasteiger partial charge on any atom is -0.299 e. The Labute approximate surface area is 112 Å². The summed E-state index contributed by atoms with van der Waals surface area (Å²) in [6.45, 7) is 2.15. The summed E-state index contributed by atoms with van der Waals surface area (Å²) in [4.78, 5) is 11.9. The molecule has 0 N–H and O–H groups in total. The van der Waals surface area contributed by atoms with Gasteiger partial charge in [0.05, 0.1) is 0 Å². The topological polar surface area (TPSA) is 17.1 Å². The van der Waals surface area contributed by atoms with E-state index in [1.807, 2.05) is 0 Å². The summed E-state index contributed by atoms with van der Waals surface area (Å²) in [5.74, 6) is 0.594. The van der Waals surface area contributed by atoms with Crippen LogP contribution in [0.1, 0.15) is 38.2 Å². The molecule has 0 saturated heterocycles. The van der Waals surface area contributed by atoms with Crippen molar-refractivity contribution in [2.24, 2.45) is 11.8 Å². The quantitative estimate of drug-likeness (QED) is 0.793. The molecule has 1 saturated carbocycles. The van der Waals surface area contributed by atoms with E-state index in [0.717, 1.165) is 19.3 Å². The van der Waals surface area contributed by atoms with E-state index >= 15 is 0 Å². The van der Waals surface area contributed by atoms with Gasteiger partial charge >= 0.3 is 0 Å². The predicted octanol–water partition coefficient (Wildman–Crippen LogP) is 4.42. The van der Waals surface area contributed by atoms with Crippen LogP contribution in [0.2, 0.25) is 5.02 Å². The maximum Gasteiger partial charge on any atom is 0.136 e. The first-order chi connectivity index (χ1) is 8.60. The molecular formula is C15H18ClFO. The molecule has 0 aliphatic heterocycles. The highest BCUT2D eigenvalue weighted by atomic mass is 35.5. The zero-order valence-corrected chi connectivity index (χ0v) is 11.3. The summed E-state index contributed by atoms with van der Waals surface area (Å²) in [5.41, 5.74) is 0.567. The molecule has 0 amide bonds. The Bertz CT molecular complexity index is 444. The molecule has 1 aromatic rings. The molecule has 0 spiro atoms. The van der Waals surface area contributed by atoms with Gasteiger partial charge in [0.2, 0.25) is 0 Å². The molecule has 98 valence electrons. The van der Waals surface area contributed by atoms with Crippen molar-refractivity contribution in [1.82, 2.24) is 0 Å². The van der Waals surface area contributed by atoms with Gasteiger partial charge < -0.3 is 0 Å². The van der Waals surface area contributed by atoms with E-state index in [9.17, 15) is 9.18 Å². The van der Waals surface area contributed by atoms with Crippen molar-refractivity contribution < 1.29 is 9.18 Å². The van der Waals surface area contributed by atoms with Crippen molar-refractivity contribution in [2.75, 3.05) is 0 Å². The minimum absolute atomic E-state index is 0.0309. The van der Waals surface area contributed by atoms with Crippen LogP contribution in [-0.2, 0) is 11.2 Å². The Balaban J connectivity index is 2.11. The third-order valence-corrected chi connectivity index (χ3v) is 4.16. The first-order valence-corrected chi connectivity index (χ1v) is 6.94. The lowest BCUT2D eigenvalue weighted by atomic mass is 9.77. The van der Waals surface area contributed by atoms with E-state index in [2.05, 4.69) is 6.92 Å². The van der Waals surface area contributed by atoms with Crippen molar-refractivity contribution in [2.45, 2.75) is 39.0 Å². The van der Waals surface area contributed by atoms with Gasteiger partial charge in [-0.05, 0) is 48.9 Å². The number of hydrogen-bond acceptors (Lipinski definition) is 1. The normalized spacial score (nSPS) is 24.3. The number of halogens is 2. The van der Waals surface area contributed by atoms with E-state index in [-0.39, 0.29) is 17.5 Å². The summed E-state index contributed by atoms with van der Waals surface area (Å²) >= 11 is 5.88. The van der Waals surface area contributed by atoms with Crippen molar-refractivity contribution in [1.29, 1.82) is 0 Å². The molecule has 0 aromatic heterocycles.